The van der Waals surface area contributed by atoms with Crippen LogP contribution >= 0.6 is 0 Å². The van der Waals surface area contributed by atoms with Gasteiger partial charge in [0.25, 0.3) is 0 Å². The number of benzene rings is 1. The number of amides is 1. The number of carbonyl (C=O) groups excluding carboxylic acids is 1. The van der Waals surface area contributed by atoms with E-state index in [0.29, 0.717) is 12.5 Å². The molecule has 2 atom stereocenters. The lowest BCUT2D eigenvalue weighted by molar-refractivity contribution is -0.123. The molecule has 25 heavy (non-hydrogen) atoms. The monoisotopic (exact) mass is 340 g/mol. The molecule has 1 saturated heterocycles. The molecule has 0 spiro atoms. The second-order valence-electron chi connectivity index (χ2n) is 8.59. The van der Waals surface area contributed by atoms with Gasteiger partial charge in [0.05, 0.1) is 5.92 Å². The Morgan fingerprint density at radius 3 is 2.36 bits per heavy atom. The summed E-state index contributed by atoms with van der Waals surface area (Å²) in [6, 6.07) is 8.70. The summed E-state index contributed by atoms with van der Waals surface area (Å²) in [5, 5.41) is 3.13. The summed E-state index contributed by atoms with van der Waals surface area (Å²) in [5.74, 6) is 0.672. The molecule has 1 saturated carbocycles. The molecule has 1 aliphatic carbocycles. The van der Waals surface area contributed by atoms with Gasteiger partial charge < -0.3 is 5.32 Å². The Kier molecular flexibility index (Phi) is 5.33. The number of allylic oxidation sites excluding steroid dienone is 2. The zero-order valence-electron chi connectivity index (χ0n) is 16.1. The number of carbonyl (C=O) groups is 1. The molecule has 1 N–H and O–H groups in total. The van der Waals surface area contributed by atoms with Gasteiger partial charge in [0.15, 0.2) is 0 Å². The van der Waals surface area contributed by atoms with Crippen molar-refractivity contribution in [2.24, 2.45) is 17.3 Å². The molecule has 1 aliphatic heterocycles. The molecule has 2 aliphatic rings. The van der Waals surface area contributed by atoms with Crippen LogP contribution in [0.4, 0.5) is 0 Å². The van der Waals surface area contributed by atoms with Crippen molar-refractivity contribution in [3.63, 3.8) is 0 Å². The van der Waals surface area contributed by atoms with Gasteiger partial charge in [0.1, 0.15) is 0 Å². The van der Waals surface area contributed by atoms with Crippen molar-refractivity contribution in [2.45, 2.75) is 53.6 Å². The summed E-state index contributed by atoms with van der Waals surface area (Å²) in [5.41, 5.74) is 3.92. The highest BCUT2D eigenvalue weighted by Gasteiger charge is 2.60. The van der Waals surface area contributed by atoms with E-state index >= 15 is 0 Å². The van der Waals surface area contributed by atoms with Crippen LogP contribution in [-0.2, 0) is 17.9 Å². The van der Waals surface area contributed by atoms with Gasteiger partial charge >= 0.3 is 0 Å². The molecule has 0 unspecified atom stereocenters. The number of nitrogens with zero attached hydrogens (tertiary/aromatic N) is 1. The molecule has 1 heterocycles. The summed E-state index contributed by atoms with van der Waals surface area (Å²) in [6.07, 6.45) is 4.90. The predicted octanol–water partition coefficient (Wildman–Crippen LogP) is 4.14. The highest BCUT2D eigenvalue weighted by Crippen LogP contribution is 2.59. The van der Waals surface area contributed by atoms with E-state index in [0.717, 1.165) is 6.54 Å². The third-order valence-electron chi connectivity index (χ3n) is 5.80. The van der Waals surface area contributed by atoms with Crippen LogP contribution in [0.5, 0.6) is 0 Å². The maximum Gasteiger partial charge on any atom is 0.224 e. The lowest BCUT2D eigenvalue weighted by atomic mass is 10.1. The van der Waals surface area contributed by atoms with Crippen molar-refractivity contribution in [1.82, 2.24) is 10.2 Å². The Hall–Kier alpha value is -1.61. The van der Waals surface area contributed by atoms with E-state index in [9.17, 15) is 4.79 Å². The van der Waals surface area contributed by atoms with Gasteiger partial charge in [0, 0.05) is 13.1 Å². The molecule has 1 aromatic carbocycles. The van der Waals surface area contributed by atoms with E-state index in [1.165, 1.54) is 42.6 Å². The van der Waals surface area contributed by atoms with E-state index in [-0.39, 0.29) is 17.2 Å². The smallest absolute Gasteiger partial charge is 0.224 e. The fourth-order valence-electron chi connectivity index (χ4n) is 4.11. The molecule has 136 valence electrons. The van der Waals surface area contributed by atoms with Crippen molar-refractivity contribution in [2.75, 3.05) is 13.1 Å². The van der Waals surface area contributed by atoms with E-state index in [2.05, 4.69) is 68.3 Å². The molecule has 0 radical (unpaired) electrons. The summed E-state index contributed by atoms with van der Waals surface area (Å²) in [6.45, 7) is 12.7. The average Bonchev–Trinajstić information content (AvgIpc) is 2.91. The topological polar surface area (TPSA) is 32.3 Å². The molecule has 3 heteroatoms. The van der Waals surface area contributed by atoms with E-state index in [1.807, 2.05) is 0 Å². The number of likely N-dealkylation sites (tertiary alicyclic amines) is 1. The Balaban J connectivity index is 1.50. The number of hydrogen-bond acceptors (Lipinski definition) is 2. The van der Waals surface area contributed by atoms with Crippen LogP contribution in [0.2, 0.25) is 0 Å². The lowest BCUT2D eigenvalue weighted by Gasteiger charge is -2.14. The van der Waals surface area contributed by atoms with Gasteiger partial charge in [0.2, 0.25) is 5.91 Å². The third-order valence-corrected chi connectivity index (χ3v) is 5.80. The Labute approximate surface area is 152 Å². The van der Waals surface area contributed by atoms with Crippen LogP contribution in [0.3, 0.4) is 0 Å². The number of rotatable bonds is 6. The summed E-state index contributed by atoms with van der Waals surface area (Å²) >= 11 is 0. The Morgan fingerprint density at radius 1 is 1.16 bits per heavy atom. The van der Waals surface area contributed by atoms with Gasteiger partial charge in [-0.25, -0.2) is 0 Å². The van der Waals surface area contributed by atoms with Crippen LogP contribution in [-0.4, -0.2) is 23.9 Å². The second-order valence-corrected chi connectivity index (χ2v) is 8.59. The molecular weight excluding hydrogens is 308 g/mol. The second kappa shape index (κ2) is 7.33. The molecular formula is C22H32N2O. The first-order chi connectivity index (χ1) is 11.9. The largest absolute Gasteiger partial charge is 0.352 e. The van der Waals surface area contributed by atoms with Crippen LogP contribution < -0.4 is 5.32 Å². The Bertz CT molecular complexity index is 634. The van der Waals surface area contributed by atoms with Crippen molar-refractivity contribution >= 4 is 5.91 Å². The van der Waals surface area contributed by atoms with Gasteiger partial charge in [-0.2, -0.15) is 0 Å². The zero-order chi connectivity index (χ0) is 18.0. The lowest BCUT2D eigenvalue weighted by Crippen LogP contribution is -2.26. The molecule has 1 amide bonds. The highest BCUT2D eigenvalue weighted by molar-refractivity contribution is 5.83. The first kappa shape index (κ1) is 18.2. The molecule has 0 aromatic heterocycles. The molecule has 2 fully saturated rings. The summed E-state index contributed by atoms with van der Waals surface area (Å²) in [4.78, 5) is 15.0. The van der Waals surface area contributed by atoms with Crippen LogP contribution in [0.25, 0.3) is 0 Å². The van der Waals surface area contributed by atoms with Crippen molar-refractivity contribution < 1.29 is 4.79 Å². The van der Waals surface area contributed by atoms with E-state index in [4.69, 9.17) is 0 Å². The van der Waals surface area contributed by atoms with Crippen molar-refractivity contribution in [3.05, 3.63) is 47.0 Å². The number of nitrogens with one attached hydrogen (secondary N) is 1. The average molecular weight is 341 g/mol. The minimum atomic E-state index is 0.0843. The Morgan fingerprint density at radius 2 is 1.76 bits per heavy atom. The predicted molar refractivity (Wildman–Crippen MR) is 103 cm³/mol. The first-order valence-corrected chi connectivity index (χ1v) is 9.61. The fraction of sp³-hybridized carbons (Fsp3) is 0.591. The van der Waals surface area contributed by atoms with Crippen LogP contribution in [0, 0.1) is 17.3 Å². The third kappa shape index (κ3) is 4.33. The van der Waals surface area contributed by atoms with Gasteiger partial charge in [-0.15, -0.1) is 0 Å². The van der Waals surface area contributed by atoms with Crippen LogP contribution in [0.1, 0.15) is 51.7 Å². The maximum absolute atomic E-state index is 12.5. The van der Waals surface area contributed by atoms with E-state index in [1.54, 1.807) is 0 Å². The first-order valence-electron chi connectivity index (χ1n) is 9.61. The minimum Gasteiger partial charge on any atom is -0.352 e. The summed E-state index contributed by atoms with van der Waals surface area (Å²) in [7, 11) is 0. The normalized spacial score (nSPS) is 24.8. The van der Waals surface area contributed by atoms with Gasteiger partial charge in [-0.05, 0) is 62.2 Å². The van der Waals surface area contributed by atoms with Crippen LogP contribution in [0.15, 0.2) is 35.9 Å². The van der Waals surface area contributed by atoms with Crippen molar-refractivity contribution in [1.29, 1.82) is 0 Å². The molecule has 3 nitrogen and oxygen atoms in total. The maximum atomic E-state index is 12.5. The van der Waals surface area contributed by atoms with Crippen molar-refractivity contribution in [3.8, 4) is 0 Å². The summed E-state index contributed by atoms with van der Waals surface area (Å²) < 4.78 is 0. The molecule has 3 rings (SSSR count). The van der Waals surface area contributed by atoms with E-state index < -0.39 is 0 Å². The van der Waals surface area contributed by atoms with Gasteiger partial charge in [-0.3, -0.25) is 9.69 Å². The SMILES string of the molecule is CC(C)=C[C@H]1[C@H](C(=O)NCc2ccc(CN3CCCC3)cc2)C1(C)C. The zero-order valence-corrected chi connectivity index (χ0v) is 16.1. The fourth-order valence-corrected chi connectivity index (χ4v) is 4.11. The standard InChI is InChI=1S/C22H32N2O/c1-16(2)13-19-20(22(19,3)4)21(25)23-14-17-7-9-18(10-8-17)15-24-11-5-6-12-24/h7-10,13,19-20H,5-6,11-12,14-15H2,1-4H3,(H,23,25)/t19-,20+/m0/s1. The highest BCUT2D eigenvalue weighted by atomic mass is 16.2. The number of hydrogen-bond donors (Lipinski definition) is 1. The molecule has 1 aromatic rings. The van der Waals surface area contributed by atoms with Gasteiger partial charge in [-0.1, -0.05) is 49.8 Å². The molecule has 0 bridgehead atoms. The minimum absolute atomic E-state index is 0.0843. The quantitative estimate of drug-likeness (QED) is 0.790.